The fraction of sp³-hybridized carbons (Fsp3) is 0.812. The van der Waals surface area contributed by atoms with Crippen molar-refractivity contribution in [2.45, 2.75) is 59.0 Å². The van der Waals surface area contributed by atoms with E-state index in [9.17, 15) is 0 Å². The van der Waals surface area contributed by atoms with Crippen LogP contribution in [-0.2, 0) is 13.0 Å². The minimum Gasteiger partial charge on any atom is -0.309 e. The molecular weight excluding hydrogens is 266 g/mol. The lowest BCUT2D eigenvalue weighted by atomic mass is 10.0. The van der Waals surface area contributed by atoms with E-state index in [4.69, 9.17) is 4.98 Å². The zero-order valence-electron chi connectivity index (χ0n) is 13.2. The lowest BCUT2D eigenvalue weighted by Gasteiger charge is -2.30. The molecule has 2 atom stereocenters. The van der Waals surface area contributed by atoms with Crippen LogP contribution < -0.4 is 5.32 Å². The molecule has 1 aliphatic heterocycles. The van der Waals surface area contributed by atoms with Gasteiger partial charge in [-0.05, 0) is 38.6 Å². The molecule has 20 heavy (non-hydrogen) atoms. The van der Waals surface area contributed by atoms with Gasteiger partial charge in [-0.15, -0.1) is 11.3 Å². The first-order valence-corrected chi connectivity index (χ1v) is 8.94. The van der Waals surface area contributed by atoms with Gasteiger partial charge < -0.3 is 10.2 Å². The van der Waals surface area contributed by atoms with Crippen molar-refractivity contribution in [3.05, 3.63) is 16.1 Å². The van der Waals surface area contributed by atoms with Crippen LogP contribution in [0.3, 0.4) is 0 Å². The van der Waals surface area contributed by atoms with E-state index in [1.807, 2.05) is 11.3 Å². The van der Waals surface area contributed by atoms with E-state index in [2.05, 4.69) is 36.4 Å². The second kappa shape index (κ2) is 8.11. The van der Waals surface area contributed by atoms with Crippen molar-refractivity contribution in [3.8, 4) is 0 Å². The Labute approximate surface area is 127 Å². The van der Waals surface area contributed by atoms with Gasteiger partial charge in [0.2, 0.25) is 0 Å². The van der Waals surface area contributed by atoms with Crippen LogP contribution >= 0.6 is 11.3 Å². The van der Waals surface area contributed by atoms with Gasteiger partial charge in [-0.2, -0.15) is 0 Å². The normalized spacial score (nSPS) is 22.1. The quantitative estimate of drug-likeness (QED) is 0.836. The standard InChI is InChI=1S/C16H29N3S/c1-4-14(3)17-10-15-12-20-16(18-15)7-9-19-8-5-6-13(2)11-19/h12-14,17H,4-11H2,1-3H3. The van der Waals surface area contributed by atoms with E-state index >= 15 is 0 Å². The van der Waals surface area contributed by atoms with Gasteiger partial charge in [-0.25, -0.2) is 4.98 Å². The molecule has 0 aromatic carbocycles. The number of rotatable bonds is 7. The molecule has 2 unspecified atom stereocenters. The van der Waals surface area contributed by atoms with Crippen LogP contribution in [0.4, 0.5) is 0 Å². The Morgan fingerprint density at radius 1 is 1.55 bits per heavy atom. The molecule has 1 aliphatic rings. The fourth-order valence-corrected chi connectivity index (χ4v) is 3.50. The predicted molar refractivity (Wildman–Crippen MR) is 87.2 cm³/mol. The van der Waals surface area contributed by atoms with E-state index in [1.165, 1.54) is 49.6 Å². The number of nitrogens with one attached hydrogen (secondary N) is 1. The molecular formula is C16H29N3S. The maximum Gasteiger partial charge on any atom is 0.0941 e. The molecule has 4 heteroatoms. The minimum atomic E-state index is 0.579. The van der Waals surface area contributed by atoms with Crippen LogP contribution in [0.1, 0.15) is 50.7 Å². The molecule has 2 heterocycles. The van der Waals surface area contributed by atoms with Gasteiger partial charge >= 0.3 is 0 Å². The molecule has 1 aromatic rings. The number of likely N-dealkylation sites (tertiary alicyclic amines) is 1. The molecule has 1 fully saturated rings. The smallest absolute Gasteiger partial charge is 0.0941 e. The Kier molecular flexibility index (Phi) is 6.46. The highest BCUT2D eigenvalue weighted by molar-refractivity contribution is 7.09. The van der Waals surface area contributed by atoms with Gasteiger partial charge in [-0.1, -0.05) is 13.8 Å². The number of piperidine rings is 1. The van der Waals surface area contributed by atoms with Crippen molar-refractivity contribution in [1.82, 2.24) is 15.2 Å². The largest absolute Gasteiger partial charge is 0.309 e. The summed E-state index contributed by atoms with van der Waals surface area (Å²) < 4.78 is 0. The molecule has 0 aliphatic carbocycles. The molecule has 1 N–H and O–H groups in total. The van der Waals surface area contributed by atoms with Crippen molar-refractivity contribution < 1.29 is 0 Å². The number of thiazole rings is 1. The Balaban J connectivity index is 1.72. The third-order valence-electron chi connectivity index (χ3n) is 4.23. The summed E-state index contributed by atoms with van der Waals surface area (Å²) in [6, 6.07) is 0.579. The zero-order valence-corrected chi connectivity index (χ0v) is 14.0. The van der Waals surface area contributed by atoms with Gasteiger partial charge in [0.1, 0.15) is 0 Å². The maximum atomic E-state index is 4.75. The average molecular weight is 295 g/mol. The average Bonchev–Trinajstić information content (AvgIpc) is 2.90. The first kappa shape index (κ1) is 15.9. The number of hydrogen-bond donors (Lipinski definition) is 1. The Morgan fingerprint density at radius 2 is 2.40 bits per heavy atom. The summed E-state index contributed by atoms with van der Waals surface area (Å²) in [6.45, 7) is 11.4. The number of aromatic nitrogens is 1. The first-order valence-electron chi connectivity index (χ1n) is 8.06. The summed E-state index contributed by atoms with van der Waals surface area (Å²) in [5.74, 6) is 0.871. The third-order valence-corrected chi connectivity index (χ3v) is 5.18. The molecule has 0 saturated carbocycles. The highest BCUT2D eigenvalue weighted by Crippen LogP contribution is 2.17. The molecule has 0 amide bonds. The second-order valence-corrected chi connectivity index (χ2v) is 7.16. The summed E-state index contributed by atoms with van der Waals surface area (Å²) in [7, 11) is 0. The van der Waals surface area contributed by atoms with Crippen molar-refractivity contribution in [2.24, 2.45) is 5.92 Å². The van der Waals surface area contributed by atoms with Crippen LogP contribution in [0.5, 0.6) is 0 Å². The summed E-state index contributed by atoms with van der Waals surface area (Å²) >= 11 is 1.82. The van der Waals surface area contributed by atoms with E-state index < -0.39 is 0 Å². The van der Waals surface area contributed by atoms with Crippen LogP contribution in [0.25, 0.3) is 0 Å². The molecule has 2 rings (SSSR count). The molecule has 0 bridgehead atoms. The van der Waals surface area contributed by atoms with Gasteiger partial charge in [0.05, 0.1) is 10.7 Å². The maximum absolute atomic E-state index is 4.75. The summed E-state index contributed by atoms with van der Waals surface area (Å²) in [6.07, 6.45) is 5.05. The lowest BCUT2D eigenvalue weighted by molar-refractivity contribution is 0.186. The highest BCUT2D eigenvalue weighted by atomic mass is 32.1. The fourth-order valence-electron chi connectivity index (χ4n) is 2.71. The first-order chi connectivity index (χ1) is 9.67. The second-order valence-electron chi connectivity index (χ2n) is 6.22. The van der Waals surface area contributed by atoms with Crippen molar-refractivity contribution in [3.63, 3.8) is 0 Å². The van der Waals surface area contributed by atoms with E-state index in [0.29, 0.717) is 6.04 Å². The van der Waals surface area contributed by atoms with Crippen LogP contribution in [-0.4, -0.2) is 35.6 Å². The van der Waals surface area contributed by atoms with Gasteiger partial charge in [0, 0.05) is 37.5 Å². The Hall–Kier alpha value is -0.450. The van der Waals surface area contributed by atoms with Crippen molar-refractivity contribution in [1.29, 1.82) is 0 Å². The monoisotopic (exact) mass is 295 g/mol. The van der Waals surface area contributed by atoms with Gasteiger partial charge in [0.15, 0.2) is 0 Å². The third kappa shape index (κ3) is 5.15. The van der Waals surface area contributed by atoms with Crippen molar-refractivity contribution in [2.75, 3.05) is 19.6 Å². The van der Waals surface area contributed by atoms with Crippen molar-refractivity contribution >= 4 is 11.3 Å². The summed E-state index contributed by atoms with van der Waals surface area (Å²) in [5, 5.41) is 7.01. The molecule has 1 saturated heterocycles. The van der Waals surface area contributed by atoms with Gasteiger partial charge in [-0.3, -0.25) is 0 Å². The van der Waals surface area contributed by atoms with E-state index in [-0.39, 0.29) is 0 Å². The molecule has 114 valence electrons. The van der Waals surface area contributed by atoms with Gasteiger partial charge in [0.25, 0.3) is 0 Å². The topological polar surface area (TPSA) is 28.2 Å². The number of hydrogen-bond acceptors (Lipinski definition) is 4. The SMILES string of the molecule is CCC(C)NCc1csc(CCN2CCCC(C)C2)n1. The zero-order chi connectivity index (χ0) is 14.4. The van der Waals surface area contributed by atoms with E-state index in [0.717, 1.165) is 18.9 Å². The van der Waals surface area contributed by atoms with Crippen LogP contribution in [0.2, 0.25) is 0 Å². The minimum absolute atomic E-state index is 0.579. The summed E-state index contributed by atoms with van der Waals surface area (Å²) in [4.78, 5) is 7.35. The molecule has 0 radical (unpaired) electrons. The Morgan fingerprint density at radius 3 is 3.15 bits per heavy atom. The molecule has 0 spiro atoms. The van der Waals surface area contributed by atoms with Crippen LogP contribution in [0, 0.1) is 5.92 Å². The molecule has 3 nitrogen and oxygen atoms in total. The summed E-state index contributed by atoms with van der Waals surface area (Å²) in [5.41, 5.74) is 1.21. The predicted octanol–water partition coefficient (Wildman–Crippen LogP) is 3.31. The lowest BCUT2D eigenvalue weighted by Crippen LogP contribution is -2.35. The highest BCUT2D eigenvalue weighted by Gasteiger charge is 2.16. The van der Waals surface area contributed by atoms with E-state index in [1.54, 1.807) is 0 Å². The number of nitrogens with zero attached hydrogens (tertiary/aromatic N) is 2. The Bertz CT molecular complexity index is 391. The molecule has 1 aromatic heterocycles. The van der Waals surface area contributed by atoms with Crippen LogP contribution in [0.15, 0.2) is 5.38 Å².